The zero-order chi connectivity index (χ0) is 12.6. The Labute approximate surface area is 103 Å². The molecule has 0 saturated heterocycles. The normalized spacial score (nSPS) is 17.4. The first-order valence-electron chi connectivity index (χ1n) is 7.26. The van der Waals surface area contributed by atoms with Gasteiger partial charge in [0.2, 0.25) is 0 Å². The average molecular weight is 227 g/mol. The van der Waals surface area contributed by atoms with Crippen LogP contribution >= 0.6 is 0 Å². The molecule has 0 aromatic rings. The van der Waals surface area contributed by atoms with Crippen molar-refractivity contribution in [1.29, 1.82) is 0 Å². The topological polar surface area (TPSA) is 12.0 Å². The molecule has 0 aromatic heterocycles. The Balaban J connectivity index is 4.14. The first-order chi connectivity index (χ1) is 7.52. The van der Waals surface area contributed by atoms with E-state index in [4.69, 9.17) is 0 Å². The van der Waals surface area contributed by atoms with Crippen molar-refractivity contribution < 1.29 is 0 Å². The number of hydrogen-bond donors (Lipinski definition) is 1. The molecule has 0 aliphatic heterocycles. The van der Waals surface area contributed by atoms with Gasteiger partial charge in [-0.25, -0.2) is 0 Å². The van der Waals surface area contributed by atoms with Gasteiger partial charge >= 0.3 is 0 Å². The van der Waals surface area contributed by atoms with Crippen LogP contribution in [0.15, 0.2) is 0 Å². The van der Waals surface area contributed by atoms with E-state index in [0.717, 1.165) is 24.3 Å². The second kappa shape index (κ2) is 9.04. The Kier molecular flexibility index (Phi) is 9.02. The Morgan fingerprint density at radius 3 is 2.00 bits per heavy atom. The molecule has 3 atom stereocenters. The summed E-state index contributed by atoms with van der Waals surface area (Å²) in [5.41, 5.74) is 0. The monoisotopic (exact) mass is 227 g/mol. The SMILES string of the molecule is CCCNC(C)C(CC(C)CCC)C(C)C. The van der Waals surface area contributed by atoms with Crippen molar-refractivity contribution in [1.82, 2.24) is 5.32 Å². The summed E-state index contributed by atoms with van der Waals surface area (Å²) in [4.78, 5) is 0. The lowest BCUT2D eigenvalue weighted by atomic mass is 9.81. The highest BCUT2D eigenvalue weighted by Crippen LogP contribution is 2.26. The molecule has 0 bridgehead atoms. The molecule has 1 nitrogen and oxygen atoms in total. The van der Waals surface area contributed by atoms with Crippen LogP contribution in [0, 0.1) is 17.8 Å². The van der Waals surface area contributed by atoms with Crippen LogP contribution in [0.5, 0.6) is 0 Å². The number of rotatable bonds is 9. The van der Waals surface area contributed by atoms with Crippen LogP contribution in [0.4, 0.5) is 0 Å². The van der Waals surface area contributed by atoms with Gasteiger partial charge in [-0.05, 0) is 44.1 Å². The summed E-state index contributed by atoms with van der Waals surface area (Å²) in [7, 11) is 0. The van der Waals surface area contributed by atoms with E-state index in [1.165, 1.54) is 25.7 Å². The van der Waals surface area contributed by atoms with Gasteiger partial charge in [0, 0.05) is 6.04 Å². The Bertz CT molecular complexity index is 154. The van der Waals surface area contributed by atoms with Crippen molar-refractivity contribution in [2.45, 2.75) is 73.3 Å². The van der Waals surface area contributed by atoms with Crippen molar-refractivity contribution in [3.63, 3.8) is 0 Å². The van der Waals surface area contributed by atoms with E-state index in [0.29, 0.717) is 6.04 Å². The highest BCUT2D eigenvalue weighted by Gasteiger charge is 2.22. The van der Waals surface area contributed by atoms with Crippen LogP contribution in [0.25, 0.3) is 0 Å². The van der Waals surface area contributed by atoms with Crippen molar-refractivity contribution in [2.75, 3.05) is 6.54 Å². The summed E-state index contributed by atoms with van der Waals surface area (Å²) < 4.78 is 0. The summed E-state index contributed by atoms with van der Waals surface area (Å²) in [5, 5.41) is 3.66. The first kappa shape index (κ1) is 16.0. The van der Waals surface area contributed by atoms with E-state index >= 15 is 0 Å². The van der Waals surface area contributed by atoms with Gasteiger partial charge in [0.05, 0.1) is 0 Å². The third-order valence-corrected chi connectivity index (χ3v) is 3.67. The van der Waals surface area contributed by atoms with Crippen LogP contribution in [0.2, 0.25) is 0 Å². The number of hydrogen-bond acceptors (Lipinski definition) is 1. The van der Waals surface area contributed by atoms with E-state index in [9.17, 15) is 0 Å². The summed E-state index contributed by atoms with van der Waals surface area (Å²) in [6.07, 6.45) is 5.32. The van der Waals surface area contributed by atoms with Crippen LogP contribution in [-0.2, 0) is 0 Å². The van der Waals surface area contributed by atoms with Crippen molar-refractivity contribution >= 4 is 0 Å². The van der Waals surface area contributed by atoms with Gasteiger partial charge in [-0.1, -0.05) is 47.5 Å². The highest BCUT2D eigenvalue weighted by atomic mass is 14.9. The molecule has 0 aromatic carbocycles. The molecule has 98 valence electrons. The summed E-state index contributed by atoms with van der Waals surface area (Å²) in [5.74, 6) is 2.50. The van der Waals surface area contributed by atoms with E-state index in [1.807, 2.05) is 0 Å². The molecule has 1 N–H and O–H groups in total. The van der Waals surface area contributed by atoms with E-state index in [2.05, 4.69) is 46.9 Å². The molecule has 0 aliphatic carbocycles. The van der Waals surface area contributed by atoms with E-state index in [1.54, 1.807) is 0 Å². The molecule has 0 fully saturated rings. The molecule has 0 aliphatic rings. The molecule has 0 rings (SSSR count). The van der Waals surface area contributed by atoms with Gasteiger partial charge in [0.15, 0.2) is 0 Å². The van der Waals surface area contributed by atoms with Crippen molar-refractivity contribution in [3.05, 3.63) is 0 Å². The van der Waals surface area contributed by atoms with Crippen molar-refractivity contribution in [2.24, 2.45) is 17.8 Å². The maximum absolute atomic E-state index is 3.66. The zero-order valence-electron chi connectivity index (χ0n) is 12.3. The second-order valence-electron chi connectivity index (χ2n) is 5.78. The van der Waals surface area contributed by atoms with Crippen molar-refractivity contribution in [3.8, 4) is 0 Å². The van der Waals surface area contributed by atoms with Gasteiger partial charge in [-0.3, -0.25) is 0 Å². The maximum atomic E-state index is 3.66. The zero-order valence-corrected chi connectivity index (χ0v) is 12.3. The lowest BCUT2D eigenvalue weighted by Crippen LogP contribution is -2.37. The third-order valence-electron chi connectivity index (χ3n) is 3.67. The minimum atomic E-state index is 0.666. The Morgan fingerprint density at radius 1 is 0.938 bits per heavy atom. The van der Waals surface area contributed by atoms with Crippen LogP contribution in [0.1, 0.15) is 67.2 Å². The van der Waals surface area contributed by atoms with Gasteiger partial charge in [-0.15, -0.1) is 0 Å². The summed E-state index contributed by atoms with van der Waals surface area (Å²) in [6.45, 7) is 15.2. The standard InChI is InChI=1S/C15H33N/c1-7-9-13(5)11-15(12(3)4)14(6)16-10-8-2/h12-16H,7-11H2,1-6H3. The van der Waals surface area contributed by atoms with Gasteiger partial charge in [0.25, 0.3) is 0 Å². The fraction of sp³-hybridized carbons (Fsp3) is 1.00. The molecule has 0 heterocycles. The van der Waals surface area contributed by atoms with E-state index in [-0.39, 0.29) is 0 Å². The lowest BCUT2D eigenvalue weighted by Gasteiger charge is -2.30. The molecular formula is C15H33N. The molecule has 3 unspecified atom stereocenters. The minimum Gasteiger partial charge on any atom is -0.314 e. The third kappa shape index (κ3) is 6.52. The maximum Gasteiger partial charge on any atom is 0.00695 e. The van der Waals surface area contributed by atoms with E-state index < -0.39 is 0 Å². The molecule has 0 amide bonds. The lowest BCUT2D eigenvalue weighted by molar-refractivity contribution is 0.235. The van der Waals surface area contributed by atoms with Crippen LogP contribution in [0.3, 0.4) is 0 Å². The molecule has 1 heteroatoms. The fourth-order valence-corrected chi connectivity index (χ4v) is 2.65. The Morgan fingerprint density at radius 2 is 1.56 bits per heavy atom. The highest BCUT2D eigenvalue weighted by molar-refractivity contribution is 4.76. The minimum absolute atomic E-state index is 0.666. The quantitative estimate of drug-likeness (QED) is 0.612. The Hall–Kier alpha value is -0.0400. The smallest absolute Gasteiger partial charge is 0.00695 e. The van der Waals surface area contributed by atoms with Crippen LogP contribution < -0.4 is 5.32 Å². The average Bonchev–Trinajstić information content (AvgIpc) is 2.22. The molecule has 0 saturated carbocycles. The first-order valence-corrected chi connectivity index (χ1v) is 7.26. The van der Waals surface area contributed by atoms with Gasteiger partial charge < -0.3 is 5.32 Å². The van der Waals surface area contributed by atoms with Crippen LogP contribution in [-0.4, -0.2) is 12.6 Å². The summed E-state index contributed by atoms with van der Waals surface area (Å²) in [6, 6.07) is 0.666. The summed E-state index contributed by atoms with van der Waals surface area (Å²) >= 11 is 0. The molecule has 0 radical (unpaired) electrons. The fourth-order valence-electron chi connectivity index (χ4n) is 2.65. The predicted octanol–water partition coefficient (Wildman–Crippen LogP) is 4.47. The largest absolute Gasteiger partial charge is 0.314 e. The number of nitrogens with one attached hydrogen (secondary N) is 1. The molecule has 16 heavy (non-hydrogen) atoms. The predicted molar refractivity (Wildman–Crippen MR) is 74.8 cm³/mol. The second-order valence-corrected chi connectivity index (χ2v) is 5.78. The van der Waals surface area contributed by atoms with Gasteiger partial charge in [-0.2, -0.15) is 0 Å². The molecular weight excluding hydrogens is 194 g/mol. The molecule has 0 spiro atoms. The van der Waals surface area contributed by atoms with Gasteiger partial charge in [0.1, 0.15) is 0 Å².